The summed E-state index contributed by atoms with van der Waals surface area (Å²) in [6, 6.07) is 5.96. The Morgan fingerprint density at radius 2 is 2.33 bits per heavy atom. The number of hydrogen-bond acceptors (Lipinski definition) is 3. The molecule has 0 aliphatic heterocycles. The van der Waals surface area contributed by atoms with Gasteiger partial charge in [-0.15, -0.1) is 11.3 Å². The third-order valence-electron chi connectivity index (χ3n) is 1.47. The molecule has 4 heteroatoms. The van der Waals surface area contributed by atoms with Crippen molar-refractivity contribution in [3.63, 3.8) is 0 Å². The highest BCUT2D eigenvalue weighted by molar-refractivity contribution is 14.1. The van der Waals surface area contributed by atoms with Gasteiger partial charge in [0, 0.05) is 6.20 Å². The van der Waals surface area contributed by atoms with Crippen molar-refractivity contribution in [1.82, 2.24) is 4.98 Å². The van der Waals surface area contributed by atoms with Crippen LogP contribution in [-0.4, -0.2) is 4.98 Å². The maximum Gasteiger partial charge on any atom is 0.101 e. The van der Waals surface area contributed by atoms with Crippen molar-refractivity contribution in [3.8, 4) is 6.07 Å². The first-order chi connectivity index (χ1) is 5.79. The Morgan fingerprint density at radius 3 is 3.08 bits per heavy atom. The molecular weight excluding hydrogens is 283 g/mol. The highest BCUT2D eigenvalue weighted by atomic mass is 127. The van der Waals surface area contributed by atoms with Gasteiger partial charge in [-0.05, 0) is 34.7 Å². The van der Waals surface area contributed by atoms with Crippen LogP contribution in [0.15, 0.2) is 18.3 Å². The third kappa shape index (κ3) is 1.30. The number of nitrogens with zero attached hydrogens (tertiary/aromatic N) is 2. The lowest BCUT2D eigenvalue weighted by Gasteiger charge is -1.87. The lowest BCUT2D eigenvalue weighted by molar-refractivity contribution is 1.38. The molecular formula is C8H3IN2S. The van der Waals surface area contributed by atoms with Gasteiger partial charge in [0.15, 0.2) is 0 Å². The molecule has 0 bridgehead atoms. The number of fused-ring (bicyclic) bond motifs is 1. The zero-order valence-corrected chi connectivity index (χ0v) is 8.89. The van der Waals surface area contributed by atoms with Crippen molar-refractivity contribution < 1.29 is 0 Å². The van der Waals surface area contributed by atoms with Gasteiger partial charge in [-0.2, -0.15) is 5.26 Å². The van der Waals surface area contributed by atoms with Crippen molar-refractivity contribution in [3.05, 3.63) is 26.8 Å². The molecule has 2 aromatic rings. The van der Waals surface area contributed by atoms with E-state index in [1.165, 1.54) is 2.88 Å². The van der Waals surface area contributed by atoms with E-state index in [9.17, 15) is 0 Å². The van der Waals surface area contributed by atoms with Crippen molar-refractivity contribution in [2.75, 3.05) is 0 Å². The number of thiophene rings is 1. The van der Waals surface area contributed by atoms with Gasteiger partial charge in [0.25, 0.3) is 0 Å². The third-order valence-corrected chi connectivity index (χ3v) is 3.30. The lowest BCUT2D eigenvalue weighted by atomic mass is 10.3. The molecule has 0 aliphatic rings. The Balaban J connectivity index is 2.77. The van der Waals surface area contributed by atoms with E-state index in [0.717, 1.165) is 10.2 Å². The predicted octanol–water partition coefficient (Wildman–Crippen LogP) is 2.77. The van der Waals surface area contributed by atoms with E-state index in [-0.39, 0.29) is 0 Å². The van der Waals surface area contributed by atoms with Crippen LogP contribution < -0.4 is 0 Å². The van der Waals surface area contributed by atoms with Crippen LogP contribution in [0.2, 0.25) is 0 Å². The maximum absolute atomic E-state index is 8.62. The summed E-state index contributed by atoms with van der Waals surface area (Å²) in [6.45, 7) is 0. The minimum absolute atomic E-state index is 0.626. The van der Waals surface area contributed by atoms with E-state index >= 15 is 0 Å². The summed E-state index contributed by atoms with van der Waals surface area (Å²) >= 11 is 3.91. The van der Waals surface area contributed by atoms with Gasteiger partial charge in [-0.25, -0.2) is 0 Å². The summed E-state index contributed by atoms with van der Waals surface area (Å²) in [5.41, 5.74) is 1.60. The van der Waals surface area contributed by atoms with Gasteiger partial charge in [-0.1, -0.05) is 0 Å². The molecule has 2 heterocycles. The second kappa shape index (κ2) is 2.99. The summed E-state index contributed by atoms with van der Waals surface area (Å²) in [5.74, 6) is 0. The van der Waals surface area contributed by atoms with Gasteiger partial charge < -0.3 is 0 Å². The molecule has 0 unspecified atom stereocenters. The molecule has 0 saturated heterocycles. The minimum Gasteiger partial charge on any atom is -0.254 e. The first-order valence-electron chi connectivity index (χ1n) is 3.25. The molecule has 0 aromatic carbocycles. The molecule has 2 rings (SSSR count). The predicted molar refractivity (Wildman–Crippen MR) is 57.1 cm³/mol. The quantitative estimate of drug-likeness (QED) is 0.698. The van der Waals surface area contributed by atoms with E-state index in [1.54, 1.807) is 17.5 Å². The molecule has 0 amide bonds. The lowest BCUT2D eigenvalue weighted by Crippen LogP contribution is -1.75. The topological polar surface area (TPSA) is 36.7 Å². The number of halogens is 1. The Kier molecular flexibility index (Phi) is 1.98. The highest BCUT2D eigenvalue weighted by Gasteiger charge is 2.00. The Bertz CT molecular complexity index is 469. The van der Waals surface area contributed by atoms with Gasteiger partial charge in [0.1, 0.15) is 6.07 Å². The zero-order valence-electron chi connectivity index (χ0n) is 5.91. The molecule has 12 heavy (non-hydrogen) atoms. The van der Waals surface area contributed by atoms with Gasteiger partial charge in [-0.3, -0.25) is 4.98 Å². The Morgan fingerprint density at radius 1 is 1.50 bits per heavy atom. The Labute approximate surface area is 87.0 Å². The van der Waals surface area contributed by atoms with E-state index in [4.69, 9.17) is 5.26 Å². The van der Waals surface area contributed by atoms with Crippen LogP contribution in [-0.2, 0) is 0 Å². The van der Waals surface area contributed by atoms with Crippen molar-refractivity contribution in [2.24, 2.45) is 0 Å². The fraction of sp³-hybridized carbons (Fsp3) is 0. The average Bonchev–Trinajstić information content (AvgIpc) is 2.43. The van der Waals surface area contributed by atoms with Gasteiger partial charge in [0.05, 0.1) is 18.7 Å². The van der Waals surface area contributed by atoms with Gasteiger partial charge >= 0.3 is 0 Å². The van der Waals surface area contributed by atoms with Crippen LogP contribution in [0.3, 0.4) is 0 Å². The van der Waals surface area contributed by atoms with E-state index in [2.05, 4.69) is 33.6 Å². The number of pyridine rings is 1. The fourth-order valence-electron chi connectivity index (χ4n) is 0.948. The average molecular weight is 286 g/mol. The van der Waals surface area contributed by atoms with Crippen LogP contribution in [0.1, 0.15) is 5.56 Å². The minimum atomic E-state index is 0.626. The number of rotatable bonds is 0. The van der Waals surface area contributed by atoms with Crippen LogP contribution in [0.5, 0.6) is 0 Å². The molecule has 0 saturated carbocycles. The molecule has 0 fully saturated rings. The number of nitriles is 1. The SMILES string of the molecule is N#Cc1cnc2cc(I)sc2c1. The summed E-state index contributed by atoms with van der Waals surface area (Å²) in [5, 5.41) is 8.62. The molecule has 58 valence electrons. The van der Waals surface area contributed by atoms with Crippen molar-refractivity contribution >= 4 is 44.1 Å². The molecule has 0 aliphatic carbocycles. The fourth-order valence-corrected chi connectivity index (χ4v) is 2.74. The largest absolute Gasteiger partial charge is 0.254 e. The maximum atomic E-state index is 8.62. The van der Waals surface area contributed by atoms with Crippen LogP contribution in [0.25, 0.3) is 10.2 Å². The summed E-state index contributed by atoms with van der Waals surface area (Å²) in [6.07, 6.45) is 1.60. The first-order valence-corrected chi connectivity index (χ1v) is 5.14. The summed E-state index contributed by atoms with van der Waals surface area (Å²) in [4.78, 5) is 4.16. The van der Waals surface area contributed by atoms with Crippen LogP contribution >= 0.6 is 33.9 Å². The monoisotopic (exact) mass is 286 g/mol. The van der Waals surface area contributed by atoms with E-state index < -0.39 is 0 Å². The summed E-state index contributed by atoms with van der Waals surface area (Å²) in [7, 11) is 0. The second-order valence-corrected chi connectivity index (χ2v) is 5.25. The number of aromatic nitrogens is 1. The van der Waals surface area contributed by atoms with Crippen LogP contribution in [0, 0.1) is 14.2 Å². The Hall–Kier alpha value is -0.670. The molecule has 0 atom stereocenters. The second-order valence-electron chi connectivity index (χ2n) is 2.27. The molecule has 2 nitrogen and oxygen atoms in total. The molecule has 0 N–H and O–H groups in total. The van der Waals surface area contributed by atoms with E-state index in [0.29, 0.717) is 5.56 Å². The zero-order chi connectivity index (χ0) is 8.55. The van der Waals surface area contributed by atoms with Crippen molar-refractivity contribution in [2.45, 2.75) is 0 Å². The molecule has 0 spiro atoms. The molecule has 0 radical (unpaired) electrons. The number of hydrogen-bond donors (Lipinski definition) is 0. The summed E-state index contributed by atoms with van der Waals surface area (Å²) < 4.78 is 2.28. The molecule has 2 aromatic heterocycles. The smallest absolute Gasteiger partial charge is 0.101 e. The van der Waals surface area contributed by atoms with Crippen LogP contribution in [0.4, 0.5) is 0 Å². The highest BCUT2D eigenvalue weighted by Crippen LogP contribution is 2.25. The standard InChI is InChI=1S/C8H3IN2S/c9-8-2-6-7(12-8)1-5(3-10)4-11-6/h1-2,4H. The van der Waals surface area contributed by atoms with Gasteiger partial charge in [0.2, 0.25) is 0 Å². The van der Waals surface area contributed by atoms with E-state index in [1.807, 2.05) is 12.1 Å². The first kappa shape index (κ1) is 7.95. The van der Waals surface area contributed by atoms with Crippen molar-refractivity contribution in [1.29, 1.82) is 5.26 Å². The normalized spacial score (nSPS) is 10.0.